The predicted molar refractivity (Wildman–Crippen MR) is 52.2 cm³/mol. The number of nitrogens with zero attached hydrogens (tertiary/aromatic N) is 1. The van der Waals surface area contributed by atoms with Gasteiger partial charge in [0.1, 0.15) is 0 Å². The number of ether oxygens (including phenoxy) is 1. The Labute approximate surface area is 90.5 Å². The highest BCUT2D eigenvalue weighted by atomic mass is 19.4. The van der Waals surface area contributed by atoms with Crippen LogP contribution in [0.15, 0.2) is 23.1 Å². The Hall–Kier alpha value is -1.30. The minimum Gasteiger partial charge on any atom is -0.380 e. The lowest BCUT2D eigenvalue weighted by Crippen LogP contribution is -2.23. The molecule has 0 aliphatic rings. The van der Waals surface area contributed by atoms with Gasteiger partial charge in [0, 0.05) is 25.4 Å². The standard InChI is InChI=1S/C10H12F3NO2/c1-2-16-6-5-14-7-8(10(11,12)13)3-4-9(14)15/h3-4,7H,2,5-6H2,1H3. The number of pyridine rings is 1. The zero-order chi connectivity index (χ0) is 12.2. The van der Waals surface area contributed by atoms with Crippen molar-refractivity contribution in [2.75, 3.05) is 13.2 Å². The van der Waals surface area contributed by atoms with Crippen LogP contribution in [-0.4, -0.2) is 17.8 Å². The second-order valence-electron chi connectivity index (χ2n) is 3.14. The van der Waals surface area contributed by atoms with Gasteiger partial charge in [-0.25, -0.2) is 0 Å². The molecule has 0 N–H and O–H groups in total. The smallest absolute Gasteiger partial charge is 0.380 e. The Balaban J connectivity index is 2.87. The summed E-state index contributed by atoms with van der Waals surface area (Å²) in [4.78, 5) is 11.2. The van der Waals surface area contributed by atoms with E-state index < -0.39 is 17.3 Å². The Bertz CT molecular complexity index is 398. The van der Waals surface area contributed by atoms with Gasteiger partial charge in [0.25, 0.3) is 5.56 Å². The first-order valence-electron chi connectivity index (χ1n) is 4.80. The largest absolute Gasteiger partial charge is 0.417 e. The number of rotatable bonds is 4. The molecule has 0 unspecified atom stereocenters. The molecule has 0 radical (unpaired) electrons. The van der Waals surface area contributed by atoms with Crippen LogP contribution < -0.4 is 5.56 Å². The normalized spacial score (nSPS) is 11.8. The summed E-state index contributed by atoms with van der Waals surface area (Å²) >= 11 is 0. The first-order valence-corrected chi connectivity index (χ1v) is 4.80. The van der Waals surface area contributed by atoms with E-state index in [9.17, 15) is 18.0 Å². The highest BCUT2D eigenvalue weighted by molar-refractivity contribution is 5.13. The summed E-state index contributed by atoms with van der Waals surface area (Å²) in [7, 11) is 0. The molecule has 3 nitrogen and oxygen atoms in total. The van der Waals surface area contributed by atoms with Gasteiger partial charge in [-0.1, -0.05) is 0 Å². The third-order valence-electron chi connectivity index (χ3n) is 1.99. The molecule has 0 atom stereocenters. The Morgan fingerprint density at radius 3 is 2.62 bits per heavy atom. The third-order valence-corrected chi connectivity index (χ3v) is 1.99. The molecule has 16 heavy (non-hydrogen) atoms. The Kier molecular flexibility index (Phi) is 4.12. The van der Waals surface area contributed by atoms with Gasteiger partial charge >= 0.3 is 6.18 Å². The summed E-state index contributed by atoms with van der Waals surface area (Å²) < 4.78 is 43.0. The van der Waals surface area contributed by atoms with Crippen LogP contribution in [0.5, 0.6) is 0 Å². The third kappa shape index (κ3) is 3.37. The van der Waals surface area contributed by atoms with E-state index in [0.29, 0.717) is 6.61 Å². The van der Waals surface area contributed by atoms with E-state index in [1.807, 2.05) is 0 Å². The first-order chi connectivity index (χ1) is 7.45. The van der Waals surface area contributed by atoms with E-state index in [2.05, 4.69) is 0 Å². The molecule has 0 bridgehead atoms. The van der Waals surface area contributed by atoms with Crippen molar-refractivity contribution in [1.29, 1.82) is 0 Å². The Morgan fingerprint density at radius 2 is 2.06 bits per heavy atom. The van der Waals surface area contributed by atoms with Crippen molar-refractivity contribution in [3.05, 3.63) is 34.2 Å². The summed E-state index contributed by atoms with van der Waals surface area (Å²) in [5, 5.41) is 0. The minimum absolute atomic E-state index is 0.122. The molecule has 0 aliphatic carbocycles. The molecule has 90 valence electrons. The quantitative estimate of drug-likeness (QED) is 0.746. The average molecular weight is 235 g/mol. The zero-order valence-electron chi connectivity index (χ0n) is 8.75. The first kappa shape index (κ1) is 12.8. The summed E-state index contributed by atoms with van der Waals surface area (Å²) in [5.41, 5.74) is -1.30. The lowest BCUT2D eigenvalue weighted by Gasteiger charge is -2.10. The molecular weight excluding hydrogens is 223 g/mol. The van der Waals surface area contributed by atoms with E-state index in [0.717, 1.165) is 22.9 Å². The Morgan fingerprint density at radius 1 is 1.38 bits per heavy atom. The molecule has 0 saturated heterocycles. The van der Waals surface area contributed by atoms with E-state index in [4.69, 9.17) is 4.74 Å². The van der Waals surface area contributed by atoms with Gasteiger partial charge in [-0.2, -0.15) is 13.2 Å². The predicted octanol–water partition coefficient (Wildman–Crippen LogP) is 1.90. The maximum absolute atomic E-state index is 12.3. The average Bonchev–Trinajstić information content (AvgIpc) is 2.19. The molecule has 0 amide bonds. The van der Waals surface area contributed by atoms with E-state index >= 15 is 0 Å². The fourth-order valence-electron chi connectivity index (χ4n) is 1.18. The summed E-state index contributed by atoms with van der Waals surface area (Å²) in [6, 6.07) is 1.69. The van der Waals surface area contributed by atoms with Gasteiger partial charge in [0.2, 0.25) is 0 Å². The van der Waals surface area contributed by atoms with Gasteiger partial charge in [0.05, 0.1) is 12.2 Å². The number of halogens is 3. The summed E-state index contributed by atoms with van der Waals surface area (Å²) in [6.07, 6.45) is -3.62. The second kappa shape index (κ2) is 5.16. The number of alkyl halides is 3. The monoisotopic (exact) mass is 235 g/mol. The van der Waals surface area contributed by atoms with Crippen LogP contribution in [0.4, 0.5) is 13.2 Å². The topological polar surface area (TPSA) is 31.2 Å². The van der Waals surface area contributed by atoms with Crippen molar-refractivity contribution in [2.45, 2.75) is 19.6 Å². The maximum Gasteiger partial charge on any atom is 0.417 e. The summed E-state index contributed by atoms with van der Waals surface area (Å²) in [6.45, 7) is 2.58. The molecule has 0 fully saturated rings. The molecule has 0 aliphatic heterocycles. The van der Waals surface area contributed by atoms with E-state index in [1.165, 1.54) is 0 Å². The van der Waals surface area contributed by atoms with Crippen LogP contribution in [-0.2, 0) is 17.5 Å². The van der Waals surface area contributed by atoms with Crippen LogP contribution in [0.3, 0.4) is 0 Å². The molecule has 1 aromatic heterocycles. The van der Waals surface area contributed by atoms with Crippen molar-refractivity contribution in [2.24, 2.45) is 0 Å². The van der Waals surface area contributed by atoms with Crippen LogP contribution in [0.25, 0.3) is 0 Å². The van der Waals surface area contributed by atoms with Crippen molar-refractivity contribution in [3.63, 3.8) is 0 Å². The number of aromatic nitrogens is 1. The highest BCUT2D eigenvalue weighted by Crippen LogP contribution is 2.27. The van der Waals surface area contributed by atoms with Crippen molar-refractivity contribution in [1.82, 2.24) is 4.57 Å². The van der Waals surface area contributed by atoms with E-state index in [-0.39, 0.29) is 13.2 Å². The van der Waals surface area contributed by atoms with Gasteiger partial charge in [-0.05, 0) is 13.0 Å². The lowest BCUT2D eigenvalue weighted by atomic mass is 10.3. The van der Waals surface area contributed by atoms with Gasteiger partial charge < -0.3 is 9.30 Å². The molecule has 1 heterocycles. The van der Waals surface area contributed by atoms with Crippen molar-refractivity contribution >= 4 is 0 Å². The van der Waals surface area contributed by atoms with Crippen molar-refractivity contribution < 1.29 is 17.9 Å². The SMILES string of the molecule is CCOCCn1cc(C(F)(F)F)ccc1=O. The van der Waals surface area contributed by atoms with Crippen LogP contribution >= 0.6 is 0 Å². The number of hydrogen-bond donors (Lipinski definition) is 0. The molecule has 0 saturated carbocycles. The molecule has 6 heteroatoms. The lowest BCUT2D eigenvalue weighted by molar-refractivity contribution is -0.138. The van der Waals surface area contributed by atoms with Crippen LogP contribution in [0, 0.1) is 0 Å². The molecule has 1 aromatic rings. The fraction of sp³-hybridized carbons (Fsp3) is 0.500. The zero-order valence-corrected chi connectivity index (χ0v) is 8.75. The minimum atomic E-state index is -4.43. The molecule has 0 spiro atoms. The van der Waals surface area contributed by atoms with Gasteiger partial charge in [-0.15, -0.1) is 0 Å². The van der Waals surface area contributed by atoms with Crippen LogP contribution in [0.1, 0.15) is 12.5 Å². The van der Waals surface area contributed by atoms with E-state index in [1.54, 1.807) is 6.92 Å². The number of hydrogen-bond acceptors (Lipinski definition) is 2. The molecular formula is C10H12F3NO2. The summed E-state index contributed by atoms with van der Waals surface area (Å²) in [5.74, 6) is 0. The van der Waals surface area contributed by atoms with Crippen LogP contribution in [0.2, 0.25) is 0 Å². The fourth-order valence-corrected chi connectivity index (χ4v) is 1.18. The highest BCUT2D eigenvalue weighted by Gasteiger charge is 2.30. The van der Waals surface area contributed by atoms with Gasteiger partial charge in [0.15, 0.2) is 0 Å². The van der Waals surface area contributed by atoms with Crippen molar-refractivity contribution in [3.8, 4) is 0 Å². The maximum atomic E-state index is 12.3. The molecule has 1 rings (SSSR count). The second-order valence-corrected chi connectivity index (χ2v) is 3.14. The van der Waals surface area contributed by atoms with Gasteiger partial charge in [-0.3, -0.25) is 4.79 Å². The molecule has 0 aromatic carbocycles.